The molecule has 0 saturated heterocycles. The summed E-state index contributed by atoms with van der Waals surface area (Å²) in [5.41, 5.74) is 0. The molecule has 1 heteroatoms. The van der Waals surface area contributed by atoms with Gasteiger partial charge in [-0.25, -0.2) is 0 Å². The summed E-state index contributed by atoms with van der Waals surface area (Å²) in [6, 6.07) is 14.2. The number of hydrogen-bond acceptors (Lipinski definition) is 1. The molecule has 14 heavy (non-hydrogen) atoms. The Hall–Kier alpha value is -1.76. The molecule has 0 unspecified atom stereocenters. The number of rotatable bonds is 2. The zero-order valence-corrected chi connectivity index (χ0v) is 8.10. The van der Waals surface area contributed by atoms with E-state index in [0.29, 0.717) is 0 Å². The quantitative estimate of drug-likeness (QED) is 0.646. The lowest BCUT2D eigenvalue weighted by Gasteiger charge is -2.04. The normalized spacial score (nSPS) is 10.9. The maximum Gasteiger partial charge on any atom is 0.134 e. The van der Waals surface area contributed by atoms with E-state index >= 15 is 0 Å². The van der Waals surface area contributed by atoms with Crippen molar-refractivity contribution in [1.29, 1.82) is 0 Å². The van der Waals surface area contributed by atoms with Gasteiger partial charge in [0.05, 0.1) is 6.26 Å². The molecule has 0 aliphatic heterocycles. The highest BCUT2D eigenvalue weighted by Gasteiger charge is 1.98. The van der Waals surface area contributed by atoms with E-state index in [1.54, 1.807) is 6.26 Å². The van der Waals surface area contributed by atoms with E-state index in [0.717, 1.165) is 11.1 Å². The number of allylic oxidation sites excluding steroid dienone is 1. The van der Waals surface area contributed by atoms with Crippen molar-refractivity contribution in [3.63, 3.8) is 0 Å². The predicted molar refractivity (Wildman–Crippen MR) is 59.4 cm³/mol. The largest absolute Gasteiger partial charge is 0.465 e. The van der Waals surface area contributed by atoms with Crippen molar-refractivity contribution < 1.29 is 4.74 Å². The van der Waals surface area contributed by atoms with E-state index in [1.165, 1.54) is 5.39 Å². The molecule has 0 amide bonds. The standard InChI is InChI=1S/C13H12O/c1-2-10-14-13-9-5-7-11-6-3-4-8-12(11)13/h2-10H,1H3. The molecular formula is C13H12O. The molecule has 0 saturated carbocycles. The maximum absolute atomic E-state index is 5.49. The van der Waals surface area contributed by atoms with Crippen molar-refractivity contribution in [3.8, 4) is 5.75 Å². The van der Waals surface area contributed by atoms with Gasteiger partial charge >= 0.3 is 0 Å². The second-order valence-corrected chi connectivity index (χ2v) is 3.06. The molecule has 0 atom stereocenters. The van der Waals surface area contributed by atoms with Crippen LogP contribution in [0.15, 0.2) is 54.8 Å². The number of benzene rings is 2. The van der Waals surface area contributed by atoms with Crippen LogP contribution in [-0.4, -0.2) is 0 Å². The van der Waals surface area contributed by atoms with Crippen LogP contribution in [0.3, 0.4) is 0 Å². The molecule has 0 heterocycles. The average Bonchev–Trinajstić information content (AvgIpc) is 2.26. The third-order valence-corrected chi connectivity index (χ3v) is 2.08. The second-order valence-electron chi connectivity index (χ2n) is 3.06. The summed E-state index contributed by atoms with van der Waals surface area (Å²) < 4.78 is 5.49. The Morgan fingerprint density at radius 3 is 2.64 bits per heavy atom. The second kappa shape index (κ2) is 3.97. The summed E-state index contributed by atoms with van der Waals surface area (Å²) in [5.74, 6) is 0.904. The summed E-state index contributed by atoms with van der Waals surface area (Å²) in [5, 5.41) is 2.35. The van der Waals surface area contributed by atoms with E-state index in [9.17, 15) is 0 Å². The van der Waals surface area contributed by atoms with Crippen LogP contribution in [0.5, 0.6) is 5.75 Å². The topological polar surface area (TPSA) is 9.23 Å². The van der Waals surface area contributed by atoms with Gasteiger partial charge in [0, 0.05) is 5.39 Å². The van der Waals surface area contributed by atoms with Crippen molar-refractivity contribution in [1.82, 2.24) is 0 Å². The van der Waals surface area contributed by atoms with Crippen LogP contribution < -0.4 is 4.74 Å². The number of hydrogen-bond donors (Lipinski definition) is 0. The molecule has 0 aliphatic carbocycles. The van der Waals surface area contributed by atoms with E-state index in [1.807, 2.05) is 37.3 Å². The maximum atomic E-state index is 5.49. The van der Waals surface area contributed by atoms with Crippen LogP contribution in [0.25, 0.3) is 10.8 Å². The van der Waals surface area contributed by atoms with Gasteiger partial charge in [0.2, 0.25) is 0 Å². The Balaban J connectivity index is 2.53. The zero-order valence-electron chi connectivity index (χ0n) is 8.10. The fraction of sp³-hybridized carbons (Fsp3) is 0.0769. The van der Waals surface area contributed by atoms with E-state index in [2.05, 4.69) is 18.2 Å². The lowest BCUT2D eigenvalue weighted by Crippen LogP contribution is -1.82. The fourth-order valence-electron chi connectivity index (χ4n) is 1.44. The van der Waals surface area contributed by atoms with E-state index in [-0.39, 0.29) is 0 Å². The molecule has 0 fully saturated rings. The first-order valence-electron chi connectivity index (χ1n) is 4.67. The molecule has 0 bridgehead atoms. The first-order valence-corrected chi connectivity index (χ1v) is 4.67. The molecule has 2 rings (SSSR count). The van der Waals surface area contributed by atoms with Gasteiger partial charge in [-0.1, -0.05) is 42.5 Å². The van der Waals surface area contributed by atoms with Gasteiger partial charge in [0.1, 0.15) is 5.75 Å². The van der Waals surface area contributed by atoms with Crippen molar-refractivity contribution in [3.05, 3.63) is 54.8 Å². The summed E-state index contributed by atoms with van der Waals surface area (Å²) in [6.07, 6.45) is 3.57. The Bertz CT molecular complexity index is 452. The third-order valence-electron chi connectivity index (χ3n) is 2.08. The molecular weight excluding hydrogens is 172 g/mol. The predicted octanol–water partition coefficient (Wildman–Crippen LogP) is 3.75. The van der Waals surface area contributed by atoms with Crippen molar-refractivity contribution in [2.24, 2.45) is 0 Å². The van der Waals surface area contributed by atoms with Gasteiger partial charge in [-0.2, -0.15) is 0 Å². The minimum Gasteiger partial charge on any atom is -0.465 e. The fourth-order valence-corrected chi connectivity index (χ4v) is 1.44. The monoisotopic (exact) mass is 184 g/mol. The lowest BCUT2D eigenvalue weighted by atomic mass is 10.1. The van der Waals surface area contributed by atoms with Crippen LogP contribution in [-0.2, 0) is 0 Å². The highest BCUT2D eigenvalue weighted by Crippen LogP contribution is 2.25. The minimum atomic E-state index is 0.904. The summed E-state index contributed by atoms with van der Waals surface area (Å²) >= 11 is 0. The van der Waals surface area contributed by atoms with E-state index < -0.39 is 0 Å². The van der Waals surface area contributed by atoms with Crippen LogP contribution in [0.4, 0.5) is 0 Å². The molecule has 1 nitrogen and oxygen atoms in total. The molecule has 0 spiro atoms. The third kappa shape index (κ3) is 1.62. The van der Waals surface area contributed by atoms with Crippen molar-refractivity contribution >= 4 is 10.8 Å². The van der Waals surface area contributed by atoms with Gasteiger partial charge in [-0.15, -0.1) is 0 Å². The lowest BCUT2D eigenvalue weighted by molar-refractivity contribution is 0.486. The highest BCUT2D eigenvalue weighted by molar-refractivity contribution is 5.88. The first-order chi connectivity index (χ1) is 6.92. The average molecular weight is 184 g/mol. The van der Waals surface area contributed by atoms with Gasteiger partial charge < -0.3 is 4.74 Å². The SMILES string of the molecule is CC=COc1cccc2ccccc12. The zero-order chi connectivity index (χ0) is 9.80. The molecule has 70 valence electrons. The smallest absolute Gasteiger partial charge is 0.134 e. The summed E-state index contributed by atoms with van der Waals surface area (Å²) in [7, 11) is 0. The van der Waals surface area contributed by atoms with Gasteiger partial charge in [-0.05, 0) is 18.4 Å². The number of fused-ring (bicyclic) bond motifs is 1. The highest BCUT2D eigenvalue weighted by atomic mass is 16.5. The molecule has 2 aromatic rings. The Kier molecular flexibility index (Phi) is 2.50. The molecule has 0 aromatic heterocycles. The van der Waals surface area contributed by atoms with Crippen LogP contribution in [0, 0.1) is 0 Å². The number of ether oxygens (including phenoxy) is 1. The molecule has 2 aromatic carbocycles. The van der Waals surface area contributed by atoms with Gasteiger partial charge in [0.15, 0.2) is 0 Å². The first kappa shape index (κ1) is 8.82. The molecule has 0 aliphatic rings. The molecule has 0 radical (unpaired) electrons. The Morgan fingerprint density at radius 1 is 1.00 bits per heavy atom. The van der Waals surface area contributed by atoms with E-state index in [4.69, 9.17) is 4.74 Å². The minimum absolute atomic E-state index is 0.904. The van der Waals surface area contributed by atoms with Crippen LogP contribution in [0.1, 0.15) is 6.92 Å². The van der Waals surface area contributed by atoms with Crippen molar-refractivity contribution in [2.75, 3.05) is 0 Å². The summed E-state index contributed by atoms with van der Waals surface area (Å²) in [6.45, 7) is 1.94. The molecule has 0 N–H and O–H groups in total. The Labute approximate surface area is 83.6 Å². The van der Waals surface area contributed by atoms with Crippen LogP contribution in [0.2, 0.25) is 0 Å². The van der Waals surface area contributed by atoms with Crippen molar-refractivity contribution in [2.45, 2.75) is 6.92 Å². The summed E-state index contributed by atoms with van der Waals surface area (Å²) in [4.78, 5) is 0. The Morgan fingerprint density at radius 2 is 1.79 bits per heavy atom. The van der Waals surface area contributed by atoms with Gasteiger partial charge in [-0.3, -0.25) is 0 Å². The van der Waals surface area contributed by atoms with Crippen LogP contribution >= 0.6 is 0 Å². The van der Waals surface area contributed by atoms with Gasteiger partial charge in [0.25, 0.3) is 0 Å².